The van der Waals surface area contributed by atoms with Crippen molar-refractivity contribution in [2.45, 2.75) is 25.8 Å². The van der Waals surface area contributed by atoms with Crippen LogP contribution in [0.2, 0.25) is 0 Å². The number of hydrogen-bond acceptors (Lipinski definition) is 4. The summed E-state index contributed by atoms with van der Waals surface area (Å²) >= 11 is 3.28. The van der Waals surface area contributed by atoms with Crippen LogP contribution in [0, 0.1) is 0 Å². The summed E-state index contributed by atoms with van der Waals surface area (Å²) in [6, 6.07) is 1.85. The lowest BCUT2D eigenvalue weighted by atomic mass is 10.2. The summed E-state index contributed by atoms with van der Waals surface area (Å²) in [5.41, 5.74) is 0.477. The van der Waals surface area contributed by atoms with Crippen molar-refractivity contribution in [1.82, 2.24) is 9.88 Å². The minimum absolute atomic E-state index is 0.00382. The molecular weight excluding hydrogens is 312 g/mol. The highest BCUT2D eigenvalue weighted by Gasteiger charge is 2.34. The largest absolute Gasteiger partial charge is 0.465 e. The van der Waals surface area contributed by atoms with Crippen LogP contribution in [0.4, 0.5) is 0 Å². The lowest BCUT2D eigenvalue weighted by Gasteiger charge is -2.21. The average Bonchev–Trinajstić information content (AvgIpc) is 3.20. The minimum atomic E-state index is -0.370. The quantitative estimate of drug-likeness (QED) is 0.776. The molecule has 0 saturated heterocycles. The van der Waals surface area contributed by atoms with E-state index >= 15 is 0 Å². The first-order valence-corrected chi connectivity index (χ1v) is 6.98. The molecule has 0 unspecified atom stereocenters. The van der Waals surface area contributed by atoms with Gasteiger partial charge in [0.1, 0.15) is 6.54 Å². The molecule has 19 heavy (non-hydrogen) atoms. The van der Waals surface area contributed by atoms with Crippen molar-refractivity contribution in [3.63, 3.8) is 0 Å². The Morgan fingerprint density at radius 2 is 2.21 bits per heavy atom. The number of ether oxygens (including phenoxy) is 1. The summed E-state index contributed by atoms with van der Waals surface area (Å²) in [5.74, 6) is -0.546. The lowest BCUT2D eigenvalue weighted by Crippen LogP contribution is -2.38. The van der Waals surface area contributed by atoms with Gasteiger partial charge in [-0.2, -0.15) is 0 Å². The standard InChI is InChI=1S/C13H15BrN2O3/c1-2-19-12(17)8-16(11-3-4-11)13(18)9-5-10(14)7-15-6-9/h5-7,11H,2-4,8H2,1H3. The zero-order valence-electron chi connectivity index (χ0n) is 10.6. The Kier molecular flexibility index (Phi) is 4.52. The zero-order chi connectivity index (χ0) is 13.8. The molecule has 0 radical (unpaired) electrons. The molecule has 0 aliphatic heterocycles. The highest BCUT2D eigenvalue weighted by atomic mass is 79.9. The van der Waals surface area contributed by atoms with Gasteiger partial charge in [0.25, 0.3) is 5.91 Å². The van der Waals surface area contributed by atoms with E-state index in [4.69, 9.17) is 4.74 Å². The molecule has 1 saturated carbocycles. The van der Waals surface area contributed by atoms with Crippen LogP contribution in [0.15, 0.2) is 22.9 Å². The van der Waals surface area contributed by atoms with Gasteiger partial charge in [0.15, 0.2) is 0 Å². The predicted molar refractivity (Wildman–Crippen MR) is 72.6 cm³/mol. The number of nitrogens with zero attached hydrogens (tertiary/aromatic N) is 2. The highest BCUT2D eigenvalue weighted by Crippen LogP contribution is 2.28. The van der Waals surface area contributed by atoms with E-state index in [9.17, 15) is 9.59 Å². The molecule has 0 aromatic carbocycles. The van der Waals surface area contributed by atoms with E-state index in [2.05, 4.69) is 20.9 Å². The van der Waals surface area contributed by atoms with Crippen molar-refractivity contribution >= 4 is 27.8 Å². The topological polar surface area (TPSA) is 59.5 Å². The molecule has 6 heteroatoms. The van der Waals surface area contributed by atoms with Gasteiger partial charge in [-0.1, -0.05) is 0 Å². The molecule has 102 valence electrons. The minimum Gasteiger partial charge on any atom is -0.465 e. The number of pyridine rings is 1. The van der Waals surface area contributed by atoms with Crippen LogP contribution in [0.25, 0.3) is 0 Å². The summed E-state index contributed by atoms with van der Waals surface area (Å²) in [6.07, 6.45) is 5.00. The molecule has 0 N–H and O–H groups in total. The summed E-state index contributed by atoms with van der Waals surface area (Å²) in [4.78, 5) is 29.5. The van der Waals surface area contributed by atoms with Crippen LogP contribution < -0.4 is 0 Å². The third kappa shape index (κ3) is 3.76. The van der Waals surface area contributed by atoms with E-state index in [0.29, 0.717) is 12.2 Å². The second-order valence-electron chi connectivity index (χ2n) is 4.36. The molecule has 1 aromatic rings. The van der Waals surface area contributed by atoms with E-state index in [1.165, 1.54) is 6.20 Å². The van der Waals surface area contributed by atoms with Crippen molar-refractivity contribution in [2.75, 3.05) is 13.2 Å². The Balaban J connectivity index is 2.10. The monoisotopic (exact) mass is 326 g/mol. The second-order valence-corrected chi connectivity index (χ2v) is 5.28. The molecule has 0 spiro atoms. The summed E-state index contributed by atoms with van der Waals surface area (Å²) in [5, 5.41) is 0. The molecule has 0 bridgehead atoms. The number of aromatic nitrogens is 1. The number of hydrogen-bond donors (Lipinski definition) is 0. The zero-order valence-corrected chi connectivity index (χ0v) is 12.2. The van der Waals surface area contributed by atoms with Gasteiger partial charge < -0.3 is 9.64 Å². The number of rotatable bonds is 5. The van der Waals surface area contributed by atoms with E-state index in [-0.39, 0.29) is 24.5 Å². The first-order chi connectivity index (χ1) is 9.11. The Bertz CT molecular complexity index is 489. The maximum absolute atomic E-state index is 12.4. The maximum Gasteiger partial charge on any atom is 0.325 e. The molecule has 0 atom stereocenters. The van der Waals surface area contributed by atoms with Crippen LogP contribution in [0.5, 0.6) is 0 Å². The predicted octanol–water partition coefficient (Wildman–Crippen LogP) is 2.01. The first kappa shape index (κ1) is 14.0. The van der Waals surface area contributed by atoms with Crippen molar-refractivity contribution in [3.05, 3.63) is 28.5 Å². The lowest BCUT2D eigenvalue weighted by molar-refractivity contribution is -0.144. The number of amides is 1. The van der Waals surface area contributed by atoms with Crippen molar-refractivity contribution in [3.8, 4) is 0 Å². The SMILES string of the molecule is CCOC(=O)CN(C(=O)c1cncc(Br)c1)C1CC1. The van der Waals surface area contributed by atoms with Gasteiger partial charge in [-0.05, 0) is 41.8 Å². The Morgan fingerprint density at radius 3 is 2.79 bits per heavy atom. The molecule has 1 aliphatic carbocycles. The fourth-order valence-corrected chi connectivity index (χ4v) is 2.16. The number of esters is 1. The summed E-state index contributed by atoms with van der Waals surface area (Å²) in [6.45, 7) is 2.08. The first-order valence-electron chi connectivity index (χ1n) is 6.19. The molecular formula is C13H15BrN2O3. The molecule has 1 heterocycles. The molecule has 1 aromatic heterocycles. The maximum atomic E-state index is 12.4. The Morgan fingerprint density at radius 1 is 1.47 bits per heavy atom. The Labute approximate surface area is 120 Å². The van der Waals surface area contributed by atoms with Gasteiger partial charge in [0.2, 0.25) is 0 Å². The number of halogens is 1. The van der Waals surface area contributed by atoms with Crippen LogP contribution in [0.1, 0.15) is 30.1 Å². The van der Waals surface area contributed by atoms with Crippen LogP contribution in [-0.4, -0.2) is 41.0 Å². The van der Waals surface area contributed by atoms with Gasteiger partial charge in [0, 0.05) is 22.9 Å². The van der Waals surface area contributed by atoms with Crippen LogP contribution >= 0.6 is 15.9 Å². The molecule has 1 aliphatic rings. The van der Waals surface area contributed by atoms with Crippen molar-refractivity contribution in [1.29, 1.82) is 0 Å². The van der Waals surface area contributed by atoms with Gasteiger partial charge in [-0.25, -0.2) is 0 Å². The fraction of sp³-hybridized carbons (Fsp3) is 0.462. The van der Waals surface area contributed by atoms with E-state index in [1.807, 2.05) is 0 Å². The summed E-state index contributed by atoms with van der Waals surface area (Å²) in [7, 11) is 0. The molecule has 1 fully saturated rings. The van der Waals surface area contributed by atoms with Gasteiger partial charge in [-0.15, -0.1) is 0 Å². The smallest absolute Gasteiger partial charge is 0.325 e. The fourth-order valence-electron chi connectivity index (χ4n) is 1.79. The third-order valence-corrected chi connectivity index (χ3v) is 3.24. The highest BCUT2D eigenvalue weighted by molar-refractivity contribution is 9.10. The third-order valence-electron chi connectivity index (χ3n) is 2.81. The van der Waals surface area contributed by atoms with Gasteiger partial charge in [0.05, 0.1) is 12.2 Å². The molecule has 1 amide bonds. The van der Waals surface area contributed by atoms with Gasteiger partial charge >= 0.3 is 5.97 Å². The van der Waals surface area contributed by atoms with E-state index < -0.39 is 0 Å². The molecule has 2 rings (SSSR count). The average molecular weight is 327 g/mol. The molecule has 5 nitrogen and oxygen atoms in total. The van der Waals surface area contributed by atoms with Crippen molar-refractivity contribution in [2.24, 2.45) is 0 Å². The van der Waals surface area contributed by atoms with Crippen molar-refractivity contribution < 1.29 is 14.3 Å². The normalized spacial score (nSPS) is 14.0. The Hall–Kier alpha value is -1.43. The summed E-state index contributed by atoms with van der Waals surface area (Å²) < 4.78 is 5.64. The van der Waals surface area contributed by atoms with Gasteiger partial charge in [-0.3, -0.25) is 14.6 Å². The van der Waals surface area contributed by atoms with E-state index in [0.717, 1.165) is 17.3 Å². The second kappa shape index (κ2) is 6.14. The van der Waals surface area contributed by atoms with Crippen LogP contribution in [0.3, 0.4) is 0 Å². The van der Waals surface area contributed by atoms with E-state index in [1.54, 1.807) is 24.1 Å². The van der Waals surface area contributed by atoms with Crippen LogP contribution in [-0.2, 0) is 9.53 Å². The number of carbonyl (C=O) groups is 2. The number of carbonyl (C=O) groups excluding carboxylic acids is 2.